The molecule has 0 radical (unpaired) electrons. The number of methoxy groups -OCH3 is 1. The lowest BCUT2D eigenvalue weighted by Gasteiger charge is -2.21. The summed E-state index contributed by atoms with van der Waals surface area (Å²) in [6, 6.07) is 11.0. The zero-order chi connectivity index (χ0) is 20.3. The summed E-state index contributed by atoms with van der Waals surface area (Å²) in [6.45, 7) is 1.82. The Balaban J connectivity index is 1.36. The van der Waals surface area contributed by atoms with Gasteiger partial charge in [-0.1, -0.05) is 18.2 Å². The van der Waals surface area contributed by atoms with Gasteiger partial charge in [-0.15, -0.1) is 0 Å². The standard InChI is InChI=1S/C23H25NO5/c1-3-6-16-7-9-18(20(13-16)26-2)27-15-22(25)24-17-8-10-19-21(14-17)29-23(28-19)11-4-5-12-23/h3,6-10,13-14H,4-5,11-12,15H2,1-2H3,(H,24,25). The molecule has 1 heterocycles. The third-order valence-corrected chi connectivity index (χ3v) is 5.09. The summed E-state index contributed by atoms with van der Waals surface area (Å²) in [5, 5.41) is 2.84. The van der Waals surface area contributed by atoms with E-state index in [1.54, 1.807) is 25.3 Å². The van der Waals surface area contributed by atoms with Crippen molar-refractivity contribution in [3.05, 3.63) is 48.0 Å². The predicted octanol–water partition coefficient (Wildman–Crippen LogP) is 4.79. The summed E-state index contributed by atoms with van der Waals surface area (Å²) in [5.74, 6) is 1.73. The summed E-state index contributed by atoms with van der Waals surface area (Å²) in [6.07, 6.45) is 7.91. The van der Waals surface area contributed by atoms with Gasteiger partial charge in [0.25, 0.3) is 11.7 Å². The zero-order valence-electron chi connectivity index (χ0n) is 16.7. The number of benzene rings is 2. The van der Waals surface area contributed by atoms with E-state index in [1.165, 1.54) is 0 Å². The van der Waals surface area contributed by atoms with Gasteiger partial charge in [-0.25, -0.2) is 0 Å². The fraction of sp³-hybridized carbons (Fsp3) is 0.348. The number of carbonyl (C=O) groups is 1. The summed E-state index contributed by atoms with van der Waals surface area (Å²) in [7, 11) is 1.57. The Hall–Kier alpha value is -3.15. The Morgan fingerprint density at radius 3 is 2.66 bits per heavy atom. The van der Waals surface area contributed by atoms with Crippen molar-refractivity contribution < 1.29 is 23.7 Å². The maximum absolute atomic E-state index is 12.3. The van der Waals surface area contributed by atoms with Crippen LogP contribution in [0, 0.1) is 0 Å². The lowest BCUT2D eigenvalue weighted by molar-refractivity contribution is -0.118. The third kappa shape index (κ3) is 4.16. The Kier molecular flexibility index (Phi) is 5.34. The van der Waals surface area contributed by atoms with Crippen LogP contribution >= 0.6 is 0 Å². The van der Waals surface area contributed by atoms with Crippen molar-refractivity contribution in [2.45, 2.75) is 38.4 Å². The molecule has 2 aromatic rings. The number of carbonyl (C=O) groups excluding carboxylic acids is 1. The second kappa shape index (κ2) is 8.07. The van der Waals surface area contributed by atoms with Crippen molar-refractivity contribution in [2.24, 2.45) is 0 Å². The van der Waals surface area contributed by atoms with Gasteiger partial charge in [0.2, 0.25) is 0 Å². The fourth-order valence-corrected chi connectivity index (χ4v) is 3.73. The number of hydrogen-bond donors (Lipinski definition) is 1. The van der Waals surface area contributed by atoms with Gasteiger partial charge in [0.05, 0.1) is 7.11 Å². The minimum absolute atomic E-state index is 0.127. The molecule has 6 heteroatoms. The third-order valence-electron chi connectivity index (χ3n) is 5.09. The number of allylic oxidation sites excluding steroid dienone is 1. The lowest BCUT2D eigenvalue weighted by Crippen LogP contribution is -2.34. The van der Waals surface area contributed by atoms with Crippen LogP contribution in [0.15, 0.2) is 42.5 Å². The number of amides is 1. The second-order valence-electron chi connectivity index (χ2n) is 7.23. The first-order chi connectivity index (χ1) is 14.1. The van der Waals surface area contributed by atoms with E-state index in [2.05, 4.69) is 5.32 Å². The van der Waals surface area contributed by atoms with Gasteiger partial charge in [0, 0.05) is 24.6 Å². The molecule has 1 aliphatic heterocycles. The fourth-order valence-electron chi connectivity index (χ4n) is 3.73. The van der Waals surface area contributed by atoms with Crippen molar-refractivity contribution in [1.29, 1.82) is 0 Å². The van der Waals surface area contributed by atoms with Gasteiger partial charge >= 0.3 is 0 Å². The van der Waals surface area contributed by atoms with Crippen LogP contribution in [0.25, 0.3) is 6.08 Å². The van der Waals surface area contributed by atoms with Crippen LogP contribution in [0.1, 0.15) is 38.2 Å². The molecule has 152 valence electrons. The SMILES string of the molecule is CC=Cc1ccc(OCC(=O)Nc2ccc3c(c2)OC2(CCCC2)O3)c(OC)c1. The van der Waals surface area contributed by atoms with Crippen molar-refractivity contribution in [3.63, 3.8) is 0 Å². The van der Waals surface area contributed by atoms with Crippen LogP contribution in [0.4, 0.5) is 5.69 Å². The normalized spacial score (nSPS) is 16.3. The van der Waals surface area contributed by atoms with Gasteiger partial charge in [-0.3, -0.25) is 4.79 Å². The Bertz CT molecular complexity index is 931. The number of ether oxygens (including phenoxy) is 4. The molecule has 0 atom stereocenters. The Morgan fingerprint density at radius 1 is 1.10 bits per heavy atom. The van der Waals surface area contributed by atoms with E-state index in [-0.39, 0.29) is 12.5 Å². The molecule has 0 unspecified atom stereocenters. The molecule has 2 aromatic carbocycles. The molecule has 0 bridgehead atoms. The zero-order valence-corrected chi connectivity index (χ0v) is 16.7. The summed E-state index contributed by atoms with van der Waals surface area (Å²) in [5.41, 5.74) is 1.65. The van der Waals surface area contributed by atoms with Crippen LogP contribution in [-0.4, -0.2) is 25.4 Å². The van der Waals surface area contributed by atoms with E-state index in [9.17, 15) is 4.79 Å². The molecule has 1 aliphatic carbocycles. The van der Waals surface area contributed by atoms with Crippen molar-refractivity contribution in [1.82, 2.24) is 0 Å². The minimum Gasteiger partial charge on any atom is -0.493 e. The van der Waals surface area contributed by atoms with Gasteiger partial charge in [0.15, 0.2) is 29.6 Å². The van der Waals surface area contributed by atoms with Gasteiger partial charge in [0.1, 0.15) is 0 Å². The molecule has 1 fully saturated rings. The maximum Gasteiger partial charge on any atom is 0.262 e. The van der Waals surface area contributed by atoms with Crippen LogP contribution in [0.2, 0.25) is 0 Å². The topological polar surface area (TPSA) is 66.0 Å². The summed E-state index contributed by atoms with van der Waals surface area (Å²) < 4.78 is 23.0. The average Bonchev–Trinajstić information content (AvgIpc) is 3.32. The van der Waals surface area contributed by atoms with Crippen LogP contribution < -0.4 is 24.3 Å². The molecule has 1 amide bonds. The lowest BCUT2D eigenvalue weighted by atomic mass is 10.2. The molecule has 6 nitrogen and oxygen atoms in total. The van der Waals surface area contributed by atoms with Gasteiger partial charge < -0.3 is 24.3 Å². The smallest absolute Gasteiger partial charge is 0.262 e. The number of hydrogen-bond acceptors (Lipinski definition) is 5. The molecule has 1 N–H and O–H groups in total. The highest BCUT2D eigenvalue weighted by Crippen LogP contribution is 2.47. The van der Waals surface area contributed by atoms with E-state index in [0.29, 0.717) is 22.9 Å². The molecule has 0 saturated heterocycles. The van der Waals surface area contributed by atoms with E-state index < -0.39 is 5.79 Å². The van der Waals surface area contributed by atoms with E-state index >= 15 is 0 Å². The van der Waals surface area contributed by atoms with E-state index in [4.69, 9.17) is 18.9 Å². The number of fused-ring (bicyclic) bond motifs is 1. The van der Waals surface area contributed by atoms with Crippen LogP contribution in [0.5, 0.6) is 23.0 Å². The highest BCUT2D eigenvalue weighted by atomic mass is 16.7. The van der Waals surface area contributed by atoms with Crippen molar-refractivity contribution in [3.8, 4) is 23.0 Å². The van der Waals surface area contributed by atoms with Crippen molar-refractivity contribution >= 4 is 17.7 Å². The monoisotopic (exact) mass is 395 g/mol. The largest absolute Gasteiger partial charge is 0.493 e. The molecule has 0 aromatic heterocycles. The summed E-state index contributed by atoms with van der Waals surface area (Å²) >= 11 is 0. The molecule has 2 aliphatic rings. The van der Waals surface area contributed by atoms with Gasteiger partial charge in [-0.2, -0.15) is 0 Å². The predicted molar refractivity (Wildman–Crippen MR) is 111 cm³/mol. The quantitative estimate of drug-likeness (QED) is 0.762. The van der Waals surface area contributed by atoms with Gasteiger partial charge in [-0.05, 0) is 49.6 Å². The Labute approximate surface area is 170 Å². The minimum atomic E-state index is -0.510. The highest BCUT2D eigenvalue weighted by Gasteiger charge is 2.44. The molecule has 29 heavy (non-hydrogen) atoms. The van der Waals surface area contributed by atoms with E-state index in [1.807, 2.05) is 37.3 Å². The van der Waals surface area contributed by atoms with Crippen LogP contribution in [-0.2, 0) is 4.79 Å². The first-order valence-electron chi connectivity index (χ1n) is 9.86. The molecular weight excluding hydrogens is 370 g/mol. The molecule has 1 saturated carbocycles. The average molecular weight is 395 g/mol. The molecule has 4 rings (SSSR count). The van der Waals surface area contributed by atoms with Crippen LogP contribution in [0.3, 0.4) is 0 Å². The second-order valence-corrected chi connectivity index (χ2v) is 7.23. The molecular formula is C23H25NO5. The number of anilines is 1. The molecule has 1 spiro atoms. The number of rotatable bonds is 6. The Morgan fingerprint density at radius 2 is 1.90 bits per heavy atom. The first kappa shape index (κ1) is 19.2. The maximum atomic E-state index is 12.3. The highest BCUT2D eigenvalue weighted by molar-refractivity contribution is 5.92. The summed E-state index contributed by atoms with van der Waals surface area (Å²) in [4.78, 5) is 12.3. The first-order valence-corrected chi connectivity index (χ1v) is 9.86. The number of nitrogens with one attached hydrogen (secondary N) is 1. The van der Waals surface area contributed by atoms with Crippen molar-refractivity contribution in [2.75, 3.05) is 19.0 Å². The van der Waals surface area contributed by atoms with E-state index in [0.717, 1.165) is 37.0 Å².